The third-order valence-corrected chi connectivity index (χ3v) is 5.69. The van der Waals surface area contributed by atoms with Crippen LogP contribution in [0.25, 0.3) is 0 Å². The topological polar surface area (TPSA) is 190 Å². The van der Waals surface area contributed by atoms with Crippen LogP contribution in [0.1, 0.15) is 68.0 Å². The highest BCUT2D eigenvalue weighted by atomic mass is 32.1. The zero-order valence-corrected chi connectivity index (χ0v) is 25.1. The molecule has 1 saturated heterocycles. The molecule has 1 aliphatic heterocycles. The number of nitrogens with one attached hydrogen (secondary N) is 4. The zero-order valence-electron chi connectivity index (χ0n) is 24.3. The van der Waals surface area contributed by atoms with E-state index >= 15 is 0 Å². The summed E-state index contributed by atoms with van der Waals surface area (Å²) in [6.07, 6.45) is -1.32. The van der Waals surface area contributed by atoms with Crippen molar-refractivity contribution in [3.63, 3.8) is 0 Å². The summed E-state index contributed by atoms with van der Waals surface area (Å²) in [5.41, 5.74) is -3.40. The van der Waals surface area contributed by atoms with Gasteiger partial charge in [0.15, 0.2) is 10.8 Å². The van der Waals surface area contributed by atoms with Crippen LogP contribution in [0.4, 0.5) is 9.93 Å². The molecule has 0 spiro atoms. The normalized spacial score (nSPS) is 18.6. The summed E-state index contributed by atoms with van der Waals surface area (Å²) in [5, 5.41) is 25.7. The van der Waals surface area contributed by atoms with E-state index in [0.29, 0.717) is 13.1 Å². The number of amides is 3. The Kier molecular flexibility index (Phi) is 10.6. The summed E-state index contributed by atoms with van der Waals surface area (Å²) in [7, 11) is 0. The fourth-order valence-electron chi connectivity index (χ4n) is 3.07. The van der Waals surface area contributed by atoms with Crippen LogP contribution in [0.15, 0.2) is 10.5 Å². The summed E-state index contributed by atoms with van der Waals surface area (Å²) in [6.45, 7) is 15.3. The Morgan fingerprint density at radius 1 is 1.12 bits per heavy atom. The van der Waals surface area contributed by atoms with E-state index in [1.807, 2.05) is 0 Å². The molecule has 1 aromatic heterocycles. The maximum atomic E-state index is 13.3. The Bertz CT molecular complexity index is 1120. The van der Waals surface area contributed by atoms with E-state index in [-0.39, 0.29) is 16.5 Å². The van der Waals surface area contributed by atoms with Crippen molar-refractivity contribution >= 4 is 46.1 Å². The molecule has 40 heavy (non-hydrogen) atoms. The minimum Gasteiger partial charge on any atom is -0.457 e. The molecule has 15 heteroatoms. The molecule has 0 bridgehead atoms. The molecule has 3 atom stereocenters. The number of esters is 1. The highest BCUT2D eigenvalue weighted by molar-refractivity contribution is 7.14. The average Bonchev–Trinajstić information content (AvgIpc) is 3.22. The highest BCUT2D eigenvalue weighted by Crippen LogP contribution is 2.21. The van der Waals surface area contributed by atoms with Crippen LogP contribution < -0.4 is 21.3 Å². The molecule has 1 aliphatic rings. The van der Waals surface area contributed by atoms with Crippen LogP contribution in [0.2, 0.25) is 0 Å². The van der Waals surface area contributed by atoms with Gasteiger partial charge in [-0.2, -0.15) is 0 Å². The van der Waals surface area contributed by atoms with E-state index in [9.17, 15) is 24.3 Å². The van der Waals surface area contributed by atoms with Crippen molar-refractivity contribution in [1.29, 1.82) is 0 Å². The minimum absolute atomic E-state index is 0.0251. The van der Waals surface area contributed by atoms with Crippen LogP contribution in [-0.4, -0.2) is 87.8 Å². The first-order valence-electron chi connectivity index (χ1n) is 12.7. The second kappa shape index (κ2) is 12.9. The van der Waals surface area contributed by atoms with Gasteiger partial charge >= 0.3 is 12.1 Å². The number of ether oxygens (including phenoxy) is 2. The lowest BCUT2D eigenvalue weighted by atomic mass is 9.98. The average molecular weight is 585 g/mol. The van der Waals surface area contributed by atoms with Gasteiger partial charge in [0.1, 0.15) is 22.9 Å². The van der Waals surface area contributed by atoms with E-state index in [0.717, 1.165) is 11.3 Å². The summed E-state index contributed by atoms with van der Waals surface area (Å²) in [5.74, 6) is -1.91. The molecular weight excluding hydrogens is 544 g/mol. The number of rotatable bonds is 11. The van der Waals surface area contributed by atoms with Crippen LogP contribution >= 0.6 is 11.3 Å². The molecule has 2 heterocycles. The number of carbonyl (C=O) groups excluding carboxylic acids is 4. The number of aliphatic hydroxyl groups excluding tert-OH is 1. The van der Waals surface area contributed by atoms with Crippen molar-refractivity contribution in [2.45, 2.75) is 97.3 Å². The Morgan fingerprint density at radius 2 is 1.75 bits per heavy atom. The van der Waals surface area contributed by atoms with E-state index in [1.165, 1.54) is 19.2 Å². The fourth-order valence-corrected chi connectivity index (χ4v) is 3.75. The number of nitrogens with zero attached hydrogens (tertiary/aromatic N) is 2. The second-order valence-corrected chi connectivity index (χ2v) is 12.6. The van der Waals surface area contributed by atoms with Gasteiger partial charge in [-0.15, -0.1) is 11.3 Å². The van der Waals surface area contributed by atoms with Gasteiger partial charge < -0.3 is 35.4 Å². The van der Waals surface area contributed by atoms with Crippen LogP contribution in [0.3, 0.4) is 0 Å². The predicted octanol–water partition coefficient (Wildman–Crippen LogP) is 1.28. The molecule has 0 unspecified atom stereocenters. The summed E-state index contributed by atoms with van der Waals surface area (Å²) >= 11 is 1.01. The van der Waals surface area contributed by atoms with E-state index < -0.39 is 58.9 Å². The number of hydrogen-bond donors (Lipinski definition) is 5. The zero-order chi connectivity index (χ0) is 30.5. The van der Waals surface area contributed by atoms with E-state index in [1.54, 1.807) is 48.5 Å². The molecule has 14 nitrogen and oxygen atoms in total. The van der Waals surface area contributed by atoms with Crippen molar-refractivity contribution in [3.05, 3.63) is 11.1 Å². The highest BCUT2D eigenvalue weighted by Gasteiger charge is 2.41. The first kappa shape index (κ1) is 32.9. The van der Waals surface area contributed by atoms with Crippen molar-refractivity contribution in [1.82, 2.24) is 20.9 Å². The SMILES string of the molecule is C[C@@H](O)CNC[C@H]1NC(=O)[C@H]1NC(=O)/C(=N\OC(C)(C)C(=O)OC(C)(C)C)c1csc(NC(=O)OC(C)(C)C)n1. The summed E-state index contributed by atoms with van der Waals surface area (Å²) in [6, 6.07) is -1.33. The Morgan fingerprint density at radius 3 is 2.30 bits per heavy atom. The van der Waals surface area contributed by atoms with Gasteiger partial charge in [-0.3, -0.25) is 14.9 Å². The molecule has 3 amide bonds. The number of oxime groups is 1. The maximum absolute atomic E-state index is 13.3. The van der Waals surface area contributed by atoms with Crippen molar-refractivity contribution < 1.29 is 38.6 Å². The van der Waals surface area contributed by atoms with Gasteiger partial charge in [0.2, 0.25) is 11.5 Å². The van der Waals surface area contributed by atoms with Crippen molar-refractivity contribution in [2.75, 3.05) is 18.4 Å². The Balaban J connectivity index is 2.27. The van der Waals surface area contributed by atoms with E-state index in [2.05, 4.69) is 31.4 Å². The van der Waals surface area contributed by atoms with Gasteiger partial charge in [-0.25, -0.2) is 14.6 Å². The van der Waals surface area contributed by atoms with Gasteiger partial charge in [0.05, 0.1) is 12.1 Å². The smallest absolute Gasteiger partial charge is 0.413 e. The number of β-lactam (4-membered cyclic amide) rings is 1. The second-order valence-electron chi connectivity index (χ2n) is 11.8. The summed E-state index contributed by atoms with van der Waals surface area (Å²) in [4.78, 5) is 60.0. The van der Waals surface area contributed by atoms with Crippen molar-refractivity contribution in [2.24, 2.45) is 5.16 Å². The lowest BCUT2D eigenvalue weighted by molar-refractivity contribution is -0.179. The number of thiazole rings is 1. The van der Waals surface area contributed by atoms with Crippen molar-refractivity contribution in [3.8, 4) is 0 Å². The number of carbonyl (C=O) groups is 4. The first-order chi connectivity index (χ1) is 18.3. The molecule has 5 N–H and O–H groups in total. The molecule has 0 radical (unpaired) electrons. The Labute approximate surface area is 237 Å². The van der Waals surface area contributed by atoms with E-state index in [4.69, 9.17) is 14.3 Å². The van der Waals surface area contributed by atoms with Crippen LogP contribution in [0.5, 0.6) is 0 Å². The lowest BCUT2D eigenvalue weighted by Gasteiger charge is -2.37. The standard InChI is InChI=1S/C25H40N6O8S/c1-13(32)10-26-11-14-16(18(33)27-14)29-19(34)17(31-39-25(8,9)20(35)37-23(2,3)4)15-12-40-21(28-15)30-22(36)38-24(5,6)7/h12-14,16,26,32H,10-11H2,1-9H3,(H,27,33)(H,29,34)(H,28,30,36)/b31-17-/t13-,14-,16+/m1/s1. The van der Waals surface area contributed by atoms with Gasteiger partial charge in [0.25, 0.3) is 5.91 Å². The minimum atomic E-state index is -1.58. The molecular formula is C25H40N6O8S. The molecule has 1 fully saturated rings. The molecule has 224 valence electrons. The largest absolute Gasteiger partial charge is 0.457 e. The number of hydrogen-bond acceptors (Lipinski definition) is 12. The van der Waals surface area contributed by atoms with Crippen LogP contribution in [0, 0.1) is 0 Å². The maximum Gasteiger partial charge on any atom is 0.413 e. The first-order valence-corrected chi connectivity index (χ1v) is 13.6. The predicted molar refractivity (Wildman–Crippen MR) is 148 cm³/mol. The molecule has 0 aromatic carbocycles. The fraction of sp³-hybridized carbons (Fsp3) is 0.680. The Hall–Kier alpha value is -3.30. The number of aliphatic hydroxyl groups is 1. The molecule has 1 aromatic rings. The van der Waals surface area contributed by atoms with Gasteiger partial charge in [0, 0.05) is 18.5 Å². The van der Waals surface area contributed by atoms with Gasteiger partial charge in [-0.1, -0.05) is 5.16 Å². The quantitative estimate of drug-likeness (QED) is 0.110. The van der Waals surface area contributed by atoms with Gasteiger partial charge in [-0.05, 0) is 62.3 Å². The number of aromatic nitrogens is 1. The lowest BCUT2D eigenvalue weighted by Crippen LogP contribution is -2.72. The third-order valence-electron chi connectivity index (χ3n) is 4.93. The number of anilines is 1. The third kappa shape index (κ3) is 10.4. The van der Waals surface area contributed by atoms with Crippen LogP contribution in [-0.2, 0) is 28.7 Å². The molecule has 0 aliphatic carbocycles. The molecule has 0 saturated carbocycles. The monoisotopic (exact) mass is 584 g/mol. The summed E-state index contributed by atoms with van der Waals surface area (Å²) < 4.78 is 10.6. The molecule has 2 rings (SSSR count).